The normalized spacial score (nSPS) is 14.8. The van der Waals surface area contributed by atoms with Crippen molar-refractivity contribution in [3.63, 3.8) is 0 Å². The number of nitrogens with two attached hydrogens (primary N) is 1. The van der Waals surface area contributed by atoms with Crippen LogP contribution in [0.1, 0.15) is 36.3 Å². The minimum atomic E-state index is -0.405. The fourth-order valence-electron chi connectivity index (χ4n) is 5.14. The molecule has 6 rings (SSSR count). The highest BCUT2D eigenvalue weighted by Gasteiger charge is 2.27. The Morgan fingerprint density at radius 2 is 1.82 bits per heavy atom. The number of halogens is 2. The van der Waals surface area contributed by atoms with Gasteiger partial charge in [0.15, 0.2) is 5.65 Å². The van der Waals surface area contributed by atoms with E-state index in [1.54, 1.807) is 4.68 Å². The first-order chi connectivity index (χ1) is 18.0. The third-order valence-corrected chi connectivity index (χ3v) is 7.64. The van der Waals surface area contributed by atoms with Crippen LogP contribution in [0.4, 0.5) is 5.82 Å². The Bertz CT molecular complexity index is 1720. The Balaban J connectivity index is 0.00000294. The van der Waals surface area contributed by atoms with Gasteiger partial charge in [-0.1, -0.05) is 54.6 Å². The summed E-state index contributed by atoms with van der Waals surface area (Å²) >= 11 is 2.14. The maximum absolute atomic E-state index is 13.1. The maximum Gasteiger partial charge on any atom is 0.343 e. The Hall–Kier alpha value is -3.28. The molecule has 1 unspecified atom stereocenters. The van der Waals surface area contributed by atoms with Crippen molar-refractivity contribution in [2.24, 2.45) is 0 Å². The Kier molecular flexibility index (Phi) is 7.51. The number of nitrogen functional groups attached to an aromatic ring is 1. The summed E-state index contributed by atoms with van der Waals surface area (Å²) in [5.74, 6) is 0.939. The average molecular weight is 641 g/mol. The van der Waals surface area contributed by atoms with Gasteiger partial charge in [0, 0.05) is 25.2 Å². The van der Waals surface area contributed by atoms with Crippen LogP contribution in [0.2, 0.25) is 0 Å². The number of rotatable bonds is 5. The van der Waals surface area contributed by atoms with Crippen LogP contribution in [0.25, 0.3) is 27.4 Å². The van der Waals surface area contributed by atoms with Gasteiger partial charge in [0.25, 0.3) is 0 Å². The molecule has 3 aromatic heterocycles. The molecule has 0 saturated heterocycles. The molecule has 0 amide bonds. The van der Waals surface area contributed by atoms with Gasteiger partial charge < -0.3 is 10.2 Å². The molecule has 0 radical (unpaired) electrons. The van der Waals surface area contributed by atoms with E-state index in [2.05, 4.69) is 67.8 Å². The zero-order chi connectivity index (χ0) is 25.5. The minimum absolute atomic E-state index is 0. The molecule has 38 heavy (non-hydrogen) atoms. The Labute approximate surface area is 239 Å². The molecule has 0 spiro atoms. The monoisotopic (exact) mass is 640 g/mol. The molecule has 1 aliphatic heterocycles. The molecule has 4 heterocycles. The van der Waals surface area contributed by atoms with E-state index in [0.717, 1.165) is 42.6 Å². The number of hydrogen-bond donors (Lipinski definition) is 1. The topological polar surface area (TPSA) is 103 Å². The van der Waals surface area contributed by atoms with E-state index >= 15 is 0 Å². The summed E-state index contributed by atoms with van der Waals surface area (Å²) in [6.07, 6.45) is 4.61. The maximum atomic E-state index is 13.1. The smallest absolute Gasteiger partial charge is 0.343 e. The van der Waals surface area contributed by atoms with Crippen LogP contribution < -0.4 is 11.4 Å². The lowest BCUT2D eigenvalue weighted by molar-refractivity contribution is 0.296. The van der Waals surface area contributed by atoms with E-state index in [1.807, 2.05) is 37.3 Å². The predicted octanol–water partition coefficient (Wildman–Crippen LogP) is 5.44. The quantitative estimate of drug-likeness (QED) is 0.255. The minimum Gasteiger partial charge on any atom is -0.424 e. The molecule has 0 bridgehead atoms. The molecule has 8 nitrogen and oxygen atoms in total. The van der Waals surface area contributed by atoms with Crippen LogP contribution >= 0.6 is 35.0 Å². The largest absolute Gasteiger partial charge is 0.424 e. The Morgan fingerprint density at radius 1 is 1.08 bits per heavy atom. The van der Waals surface area contributed by atoms with Gasteiger partial charge >= 0.3 is 5.63 Å². The van der Waals surface area contributed by atoms with E-state index in [1.165, 1.54) is 11.9 Å². The molecule has 194 valence electrons. The molecule has 0 aliphatic carbocycles. The number of anilines is 1. The van der Waals surface area contributed by atoms with Crippen LogP contribution in [0.15, 0.2) is 76.2 Å². The number of nitrogens with zero attached hydrogens (tertiary/aromatic N) is 5. The van der Waals surface area contributed by atoms with Gasteiger partial charge in [-0.15, -0.1) is 12.4 Å². The summed E-state index contributed by atoms with van der Waals surface area (Å²) in [6.45, 7) is 4.55. The van der Waals surface area contributed by atoms with Gasteiger partial charge in [-0.05, 0) is 58.5 Å². The second kappa shape index (κ2) is 10.8. The van der Waals surface area contributed by atoms with E-state index in [-0.39, 0.29) is 18.0 Å². The summed E-state index contributed by atoms with van der Waals surface area (Å²) in [5, 5.41) is 6.88. The molecular formula is C28H26ClIN6O2. The zero-order valence-electron chi connectivity index (χ0n) is 20.7. The van der Waals surface area contributed by atoms with Crippen molar-refractivity contribution in [2.45, 2.75) is 25.9 Å². The standard InChI is InChI=1S/C28H25IN6O2.ClH/c1-17(35-27-23(25(29)33-35)26(30)31-16-32-27)24-22(20-11-5-6-12-21(20)28(36)37-24)19-10-7-13-34(15-19)14-18-8-3-2-4-9-18;/h2-6,8-12,16-17H,7,13-15H2,1H3,(H2,30,31,32);1H. The third kappa shape index (κ3) is 4.70. The highest BCUT2D eigenvalue weighted by molar-refractivity contribution is 14.1. The van der Waals surface area contributed by atoms with Gasteiger partial charge in [0.2, 0.25) is 0 Å². The molecular weight excluding hydrogens is 615 g/mol. The van der Waals surface area contributed by atoms with Crippen LogP contribution in [-0.2, 0) is 6.54 Å². The number of fused-ring (bicyclic) bond motifs is 2. The summed E-state index contributed by atoms with van der Waals surface area (Å²) in [5.41, 5.74) is 9.74. The molecule has 1 aliphatic rings. The van der Waals surface area contributed by atoms with Gasteiger partial charge in [0.05, 0.1) is 10.8 Å². The number of aromatic nitrogens is 4. The SMILES string of the molecule is CC(c1oc(=O)c2ccccc2c1C1=CCCN(Cc2ccccc2)C1)n1nc(I)c2c(N)ncnc21.Cl. The highest BCUT2D eigenvalue weighted by Crippen LogP contribution is 2.36. The van der Waals surface area contributed by atoms with Crippen molar-refractivity contribution in [2.75, 3.05) is 18.8 Å². The summed E-state index contributed by atoms with van der Waals surface area (Å²) in [7, 11) is 0. The van der Waals surface area contributed by atoms with Gasteiger partial charge in [-0.2, -0.15) is 5.10 Å². The third-order valence-electron chi connectivity index (χ3n) is 6.89. The Morgan fingerprint density at radius 3 is 2.61 bits per heavy atom. The van der Waals surface area contributed by atoms with E-state index < -0.39 is 6.04 Å². The lowest BCUT2D eigenvalue weighted by atomic mass is 9.93. The second-order valence-corrected chi connectivity index (χ2v) is 10.3. The zero-order valence-corrected chi connectivity index (χ0v) is 23.6. The fourth-order valence-corrected chi connectivity index (χ4v) is 5.89. The van der Waals surface area contributed by atoms with Gasteiger partial charge in [-0.25, -0.2) is 19.4 Å². The van der Waals surface area contributed by atoms with Crippen LogP contribution in [0, 0.1) is 3.70 Å². The molecule has 2 aromatic carbocycles. The van der Waals surface area contributed by atoms with Crippen molar-refractivity contribution in [1.29, 1.82) is 0 Å². The molecule has 2 N–H and O–H groups in total. The van der Waals surface area contributed by atoms with Crippen molar-refractivity contribution >= 4 is 68.2 Å². The van der Waals surface area contributed by atoms with E-state index in [9.17, 15) is 4.79 Å². The summed E-state index contributed by atoms with van der Waals surface area (Å²) < 4.78 is 8.56. The second-order valence-electron chi connectivity index (χ2n) is 9.26. The van der Waals surface area contributed by atoms with Crippen molar-refractivity contribution in [1.82, 2.24) is 24.6 Å². The highest BCUT2D eigenvalue weighted by atomic mass is 127. The van der Waals surface area contributed by atoms with Gasteiger partial charge in [-0.3, -0.25) is 4.90 Å². The van der Waals surface area contributed by atoms with Crippen LogP contribution in [0.5, 0.6) is 0 Å². The molecule has 0 saturated carbocycles. The fraction of sp³-hybridized carbons (Fsp3) is 0.214. The van der Waals surface area contributed by atoms with Crippen molar-refractivity contribution in [3.05, 3.63) is 98.0 Å². The summed E-state index contributed by atoms with van der Waals surface area (Å²) in [4.78, 5) is 24.1. The predicted molar refractivity (Wildman–Crippen MR) is 160 cm³/mol. The average Bonchev–Trinajstić information content (AvgIpc) is 3.26. The van der Waals surface area contributed by atoms with Crippen molar-refractivity contribution < 1.29 is 4.42 Å². The van der Waals surface area contributed by atoms with Crippen LogP contribution in [0.3, 0.4) is 0 Å². The first kappa shape index (κ1) is 26.3. The van der Waals surface area contributed by atoms with E-state index in [4.69, 9.17) is 15.2 Å². The summed E-state index contributed by atoms with van der Waals surface area (Å²) in [6, 6.07) is 17.7. The lowest BCUT2D eigenvalue weighted by Gasteiger charge is -2.29. The molecule has 10 heteroatoms. The number of hydrogen-bond acceptors (Lipinski definition) is 7. The molecule has 5 aromatic rings. The van der Waals surface area contributed by atoms with Crippen molar-refractivity contribution in [3.8, 4) is 0 Å². The van der Waals surface area contributed by atoms with E-state index in [0.29, 0.717) is 31.7 Å². The number of benzene rings is 2. The van der Waals surface area contributed by atoms with Gasteiger partial charge in [0.1, 0.15) is 27.6 Å². The first-order valence-electron chi connectivity index (χ1n) is 12.2. The first-order valence-corrected chi connectivity index (χ1v) is 13.2. The molecule has 1 atom stereocenters. The lowest BCUT2D eigenvalue weighted by Crippen LogP contribution is -2.29. The van der Waals surface area contributed by atoms with Crippen LogP contribution in [-0.4, -0.2) is 37.7 Å². The molecule has 0 fully saturated rings.